The van der Waals surface area contributed by atoms with Crippen LogP contribution in [-0.4, -0.2) is 28.8 Å². The molecule has 0 radical (unpaired) electrons. The van der Waals surface area contributed by atoms with Crippen LogP contribution in [-0.2, 0) is 9.59 Å². The topological polar surface area (TPSA) is 83.5 Å². The first kappa shape index (κ1) is 17.9. The van der Waals surface area contributed by atoms with E-state index in [1.54, 1.807) is 24.3 Å². The van der Waals surface area contributed by atoms with Crippen LogP contribution >= 0.6 is 0 Å². The van der Waals surface area contributed by atoms with E-state index in [0.29, 0.717) is 5.56 Å². The molecule has 0 bridgehead atoms. The van der Waals surface area contributed by atoms with Crippen molar-refractivity contribution in [1.29, 1.82) is 0 Å². The fraction of sp³-hybridized carbons (Fsp3) is 0.471. The van der Waals surface area contributed by atoms with Crippen LogP contribution in [0.3, 0.4) is 0 Å². The highest BCUT2D eigenvalue weighted by molar-refractivity contribution is 5.99. The number of ketones is 1. The van der Waals surface area contributed by atoms with Gasteiger partial charge in [0, 0.05) is 12.0 Å². The number of carbonyl (C=O) groups is 3. The van der Waals surface area contributed by atoms with Crippen LogP contribution in [0.25, 0.3) is 0 Å². The van der Waals surface area contributed by atoms with E-state index < -0.39 is 29.3 Å². The van der Waals surface area contributed by atoms with Crippen molar-refractivity contribution in [3.63, 3.8) is 0 Å². The summed E-state index contributed by atoms with van der Waals surface area (Å²) in [4.78, 5) is 35.5. The van der Waals surface area contributed by atoms with Gasteiger partial charge in [0.1, 0.15) is 6.04 Å². The highest BCUT2D eigenvalue weighted by Gasteiger charge is 2.34. The van der Waals surface area contributed by atoms with Crippen molar-refractivity contribution in [2.45, 2.75) is 40.2 Å². The summed E-state index contributed by atoms with van der Waals surface area (Å²) >= 11 is 0. The molecule has 0 aliphatic rings. The lowest BCUT2D eigenvalue weighted by molar-refractivity contribution is -0.142. The average molecular weight is 305 g/mol. The largest absolute Gasteiger partial charge is 0.480 e. The Labute approximate surface area is 130 Å². The van der Waals surface area contributed by atoms with E-state index in [2.05, 4.69) is 5.32 Å². The van der Waals surface area contributed by atoms with Gasteiger partial charge >= 0.3 is 5.97 Å². The number of rotatable bonds is 6. The molecule has 0 saturated carbocycles. The molecule has 2 N–H and O–H groups in total. The number of carboxylic acids is 1. The molecule has 22 heavy (non-hydrogen) atoms. The summed E-state index contributed by atoms with van der Waals surface area (Å²) in [6.45, 7) is 6.99. The predicted octanol–water partition coefficient (Wildman–Crippen LogP) is 2.51. The number of hydrogen-bond donors (Lipinski definition) is 2. The van der Waals surface area contributed by atoms with Crippen LogP contribution in [0.5, 0.6) is 0 Å². The van der Waals surface area contributed by atoms with Gasteiger partial charge in [0.05, 0.1) is 5.92 Å². The first-order valence-electron chi connectivity index (χ1n) is 7.24. The number of nitrogens with one attached hydrogen (secondary N) is 1. The van der Waals surface area contributed by atoms with Crippen molar-refractivity contribution in [1.82, 2.24) is 5.32 Å². The fourth-order valence-electron chi connectivity index (χ4n) is 2.10. The van der Waals surface area contributed by atoms with E-state index in [9.17, 15) is 14.4 Å². The SMILES string of the molecule is C[C@H](NC(=O)[C@@H](CC(=O)c1ccccc1)C(C)(C)C)C(=O)O. The second-order valence-electron chi connectivity index (χ2n) is 6.48. The van der Waals surface area contributed by atoms with Gasteiger partial charge in [-0.05, 0) is 12.3 Å². The lowest BCUT2D eigenvalue weighted by Gasteiger charge is -2.29. The molecule has 2 atom stereocenters. The molecular formula is C17H23NO4. The van der Waals surface area contributed by atoms with Crippen LogP contribution in [0, 0.1) is 11.3 Å². The summed E-state index contributed by atoms with van der Waals surface area (Å²) in [5.41, 5.74) is 0.100. The molecule has 0 aromatic heterocycles. The Balaban J connectivity index is 2.88. The molecule has 0 aliphatic carbocycles. The summed E-state index contributed by atoms with van der Waals surface area (Å²) in [7, 11) is 0. The molecule has 0 spiro atoms. The first-order valence-corrected chi connectivity index (χ1v) is 7.24. The van der Waals surface area contributed by atoms with Gasteiger partial charge in [-0.2, -0.15) is 0 Å². The molecule has 1 aromatic rings. The normalized spacial score (nSPS) is 14.0. The molecular weight excluding hydrogens is 282 g/mol. The maximum atomic E-state index is 12.3. The molecule has 1 aromatic carbocycles. The second-order valence-corrected chi connectivity index (χ2v) is 6.48. The number of benzene rings is 1. The minimum atomic E-state index is -1.10. The summed E-state index contributed by atoms with van der Waals surface area (Å²) in [5, 5.41) is 11.3. The maximum absolute atomic E-state index is 12.3. The molecule has 5 nitrogen and oxygen atoms in total. The molecule has 1 rings (SSSR count). The summed E-state index contributed by atoms with van der Waals surface area (Å²) in [5.74, 6) is -2.23. The highest BCUT2D eigenvalue weighted by Crippen LogP contribution is 2.30. The van der Waals surface area contributed by atoms with Gasteiger partial charge in [-0.3, -0.25) is 14.4 Å². The van der Waals surface area contributed by atoms with E-state index in [-0.39, 0.29) is 12.2 Å². The lowest BCUT2D eigenvalue weighted by atomic mass is 9.76. The third-order valence-corrected chi connectivity index (χ3v) is 3.58. The fourth-order valence-corrected chi connectivity index (χ4v) is 2.10. The molecule has 1 amide bonds. The number of amides is 1. The van der Waals surface area contributed by atoms with Gasteiger partial charge in [0.2, 0.25) is 5.91 Å². The minimum absolute atomic E-state index is 0.0473. The lowest BCUT2D eigenvalue weighted by Crippen LogP contribution is -2.45. The first-order chi connectivity index (χ1) is 10.1. The van der Waals surface area contributed by atoms with E-state index in [1.807, 2.05) is 26.8 Å². The highest BCUT2D eigenvalue weighted by atomic mass is 16.4. The predicted molar refractivity (Wildman–Crippen MR) is 83.6 cm³/mol. The number of Topliss-reactive ketones (excluding diaryl/α,β-unsaturated/α-hetero) is 1. The van der Waals surface area contributed by atoms with Crippen molar-refractivity contribution in [3.05, 3.63) is 35.9 Å². The van der Waals surface area contributed by atoms with Gasteiger partial charge in [0.25, 0.3) is 0 Å². The van der Waals surface area contributed by atoms with Gasteiger partial charge in [0.15, 0.2) is 5.78 Å². The van der Waals surface area contributed by atoms with E-state index in [4.69, 9.17) is 5.11 Å². The van der Waals surface area contributed by atoms with Crippen LogP contribution in [0.1, 0.15) is 44.5 Å². The van der Waals surface area contributed by atoms with Gasteiger partial charge in [-0.25, -0.2) is 0 Å². The van der Waals surface area contributed by atoms with Crippen LogP contribution < -0.4 is 5.32 Å². The summed E-state index contributed by atoms with van der Waals surface area (Å²) in [6, 6.07) is 7.79. The smallest absolute Gasteiger partial charge is 0.325 e. The monoisotopic (exact) mass is 305 g/mol. The third-order valence-electron chi connectivity index (χ3n) is 3.58. The Kier molecular flexibility index (Phi) is 5.85. The molecule has 120 valence electrons. The van der Waals surface area contributed by atoms with Gasteiger partial charge < -0.3 is 10.4 Å². The number of aliphatic carboxylic acids is 1. The molecule has 0 heterocycles. The Hall–Kier alpha value is -2.17. The zero-order valence-electron chi connectivity index (χ0n) is 13.4. The van der Waals surface area contributed by atoms with E-state index in [0.717, 1.165) is 0 Å². The summed E-state index contributed by atoms with van der Waals surface area (Å²) < 4.78 is 0. The third kappa shape index (κ3) is 4.98. The Morgan fingerprint density at radius 1 is 1.14 bits per heavy atom. The maximum Gasteiger partial charge on any atom is 0.325 e. The van der Waals surface area contributed by atoms with Crippen molar-refractivity contribution in [3.8, 4) is 0 Å². The zero-order valence-corrected chi connectivity index (χ0v) is 13.4. The average Bonchev–Trinajstić information content (AvgIpc) is 2.43. The molecule has 0 aliphatic heterocycles. The van der Waals surface area contributed by atoms with Crippen molar-refractivity contribution in [2.75, 3.05) is 0 Å². The zero-order chi connectivity index (χ0) is 16.9. The van der Waals surface area contributed by atoms with Gasteiger partial charge in [-0.15, -0.1) is 0 Å². The second kappa shape index (κ2) is 7.20. The van der Waals surface area contributed by atoms with Crippen molar-refractivity contribution >= 4 is 17.7 Å². The molecule has 5 heteroatoms. The Morgan fingerprint density at radius 2 is 1.68 bits per heavy atom. The summed E-state index contributed by atoms with van der Waals surface area (Å²) in [6.07, 6.45) is 0.0473. The van der Waals surface area contributed by atoms with Crippen LogP contribution in [0.15, 0.2) is 30.3 Å². The van der Waals surface area contributed by atoms with Crippen LogP contribution in [0.2, 0.25) is 0 Å². The molecule has 0 unspecified atom stereocenters. The number of carbonyl (C=O) groups excluding carboxylic acids is 2. The Morgan fingerprint density at radius 3 is 2.14 bits per heavy atom. The van der Waals surface area contributed by atoms with Gasteiger partial charge in [-0.1, -0.05) is 51.1 Å². The Bertz CT molecular complexity index is 546. The molecule has 0 fully saturated rings. The number of carboxylic acid groups (broad SMARTS) is 1. The number of hydrogen-bond acceptors (Lipinski definition) is 3. The minimum Gasteiger partial charge on any atom is -0.480 e. The van der Waals surface area contributed by atoms with E-state index >= 15 is 0 Å². The van der Waals surface area contributed by atoms with Crippen molar-refractivity contribution in [2.24, 2.45) is 11.3 Å². The van der Waals surface area contributed by atoms with E-state index in [1.165, 1.54) is 6.92 Å². The van der Waals surface area contributed by atoms with Crippen LogP contribution in [0.4, 0.5) is 0 Å². The standard InChI is InChI=1S/C17H23NO4/c1-11(16(21)22)18-15(20)13(17(2,3)4)10-14(19)12-8-6-5-7-9-12/h5-9,11,13H,10H2,1-4H3,(H,18,20)(H,21,22)/t11-,13+/m0/s1. The van der Waals surface area contributed by atoms with Crippen molar-refractivity contribution < 1.29 is 19.5 Å². The quantitative estimate of drug-likeness (QED) is 0.791. The molecule has 0 saturated heterocycles.